The quantitative estimate of drug-likeness (QED) is 0.297. The smallest absolute Gasteiger partial charge is 0.253 e. The summed E-state index contributed by atoms with van der Waals surface area (Å²) in [4.78, 5) is 49.0. The molecule has 2 aromatic carbocycles. The van der Waals surface area contributed by atoms with Gasteiger partial charge in [-0.25, -0.2) is 0 Å². The Morgan fingerprint density at radius 1 is 1.07 bits per heavy atom. The van der Waals surface area contributed by atoms with E-state index < -0.39 is 35.1 Å². The molecule has 3 heterocycles. The topological polar surface area (TPSA) is 99.6 Å². The third-order valence-corrected chi connectivity index (χ3v) is 10.3. The highest BCUT2D eigenvalue weighted by atomic mass is 35.5. The molecule has 46 heavy (non-hydrogen) atoms. The summed E-state index contributed by atoms with van der Waals surface area (Å²) < 4.78 is 12.6. The summed E-state index contributed by atoms with van der Waals surface area (Å²) in [5, 5.41) is 11.0. The average molecular weight is 650 g/mol. The molecule has 5 rings (SSSR count). The molecule has 3 aliphatic rings. The van der Waals surface area contributed by atoms with Crippen LogP contribution in [0.15, 0.2) is 73.8 Å². The van der Waals surface area contributed by atoms with Gasteiger partial charge >= 0.3 is 0 Å². The van der Waals surface area contributed by atoms with Crippen molar-refractivity contribution < 1.29 is 29.0 Å². The Hall–Kier alpha value is -3.66. The van der Waals surface area contributed by atoms with Crippen LogP contribution < -0.4 is 14.5 Å². The number of anilines is 2. The normalized spacial score (nSPS) is 28.5. The molecule has 2 bridgehead atoms. The maximum absolute atomic E-state index is 14.8. The van der Waals surface area contributed by atoms with Crippen molar-refractivity contribution in [3.05, 3.63) is 78.9 Å². The molecule has 0 saturated carbocycles. The summed E-state index contributed by atoms with van der Waals surface area (Å²) in [6.07, 6.45) is 4.10. The molecule has 3 aliphatic heterocycles. The van der Waals surface area contributed by atoms with Gasteiger partial charge in [0.25, 0.3) is 5.91 Å². The summed E-state index contributed by atoms with van der Waals surface area (Å²) in [5.74, 6) is -2.26. The highest BCUT2D eigenvalue weighted by Gasteiger charge is 2.80. The fourth-order valence-electron chi connectivity index (χ4n) is 7.87. The lowest BCUT2D eigenvalue weighted by atomic mass is 9.62. The molecule has 1 spiro atoms. The number of nitrogens with zero attached hydrogens (tertiary/aromatic N) is 3. The Bertz CT molecular complexity index is 1480. The fraction of sp³-hybridized carbons (Fsp3) is 0.472. The Morgan fingerprint density at radius 3 is 2.15 bits per heavy atom. The molecule has 2 aromatic rings. The van der Waals surface area contributed by atoms with Crippen LogP contribution in [-0.4, -0.2) is 77.3 Å². The van der Waals surface area contributed by atoms with Crippen LogP contribution >= 0.6 is 11.6 Å². The fourth-order valence-corrected chi connectivity index (χ4v) is 7.99. The average Bonchev–Trinajstić information content (AvgIpc) is 3.56. The van der Waals surface area contributed by atoms with Crippen molar-refractivity contribution in [3.63, 3.8) is 0 Å². The molecule has 246 valence electrons. The summed E-state index contributed by atoms with van der Waals surface area (Å²) >= 11 is 6.16. The van der Waals surface area contributed by atoms with Gasteiger partial charge in [0, 0.05) is 29.5 Å². The number of aliphatic hydroxyl groups excluding tert-OH is 1. The van der Waals surface area contributed by atoms with Crippen LogP contribution in [0.1, 0.15) is 40.5 Å². The molecular weight excluding hydrogens is 606 g/mol. The van der Waals surface area contributed by atoms with Gasteiger partial charge in [0.05, 0.1) is 36.7 Å². The van der Waals surface area contributed by atoms with Crippen molar-refractivity contribution in [1.29, 1.82) is 0 Å². The van der Waals surface area contributed by atoms with E-state index in [0.29, 0.717) is 41.6 Å². The Balaban J connectivity index is 1.62. The maximum Gasteiger partial charge on any atom is 0.253 e. The number of carbonyl (C=O) groups is 3. The van der Waals surface area contributed by atoms with Crippen LogP contribution in [0.3, 0.4) is 0 Å². The van der Waals surface area contributed by atoms with Crippen molar-refractivity contribution in [1.82, 2.24) is 4.90 Å². The van der Waals surface area contributed by atoms with Gasteiger partial charge in [-0.3, -0.25) is 14.4 Å². The van der Waals surface area contributed by atoms with Gasteiger partial charge in [0.15, 0.2) is 0 Å². The number of carbonyl (C=O) groups excluding carboxylic acids is 3. The molecule has 0 aliphatic carbocycles. The highest BCUT2D eigenvalue weighted by Crippen LogP contribution is 2.66. The first-order chi connectivity index (χ1) is 22.0. The second-order valence-electron chi connectivity index (χ2n) is 12.6. The number of likely N-dealkylation sites (tertiary alicyclic amines) is 1. The Kier molecular flexibility index (Phi) is 9.68. The van der Waals surface area contributed by atoms with Gasteiger partial charge in [0.1, 0.15) is 17.4 Å². The zero-order valence-corrected chi connectivity index (χ0v) is 27.8. The van der Waals surface area contributed by atoms with Crippen molar-refractivity contribution >= 4 is 40.7 Å². The minimum absolute atomic E-state index is 0.149. The number of amides is 3. The van der Waals surface area contributed by atoms with Gasteiger partial charge in [-0.1, -0.05) is 37.6 Å². The number of aliphatic hydroxyl groups is 1. The predicted molar refractivity (Wildman–Crippen MR) is 179 cm³/mol. The first kappa shape index (κ1) is 33.7. The molecule has 0 aromatic heterocycles. The minimum atomic E-state index is -1.28. The van der Waals surface area contributed by atoms with E-state index in [4.69, 9.17) is 21.1 Å². The molecule has 3 unspecified atom stereocenters. The molecular formula is C36H44ClN3O6. The summed E-state index contributed by atoms with van der Waals surface area (Å²) in [7, 11) is 0. The second-order valence-corrected chi connectivity index (χ2v) is 13.0. The van der Waals surface area contributed by atoms with Crippen LogP contribution in [0.25, 0.3) is 0 Å². The first-order valence-electron chi connectivity index (χ1n) is 16.0. The zero-order chi connectivity index (χ0) is 33.4. The third-order valence-electron chi connectivity index (χ3n) is 10.1. The molecule has 3 amide bonds. The van der Waals surface area contributed by atoms with Crippen LogP contribution in [0.4, 0.5) is 11.4 Å². The van der Waals surface area contributed by atoms with E-state index in [1.807, 2.05) is 39.8 Å². The van der Waals surface area contributed by atoms with E-state index in [9.17, 15) is 19.5 Å². The van der Waals surface area contributed by atoms with Gasteiger partial charge < -0.3 is 29.3 Å². The first-order valence-corrected chi connectivity index (χ1v) is 16.4. The molecule has 9 nitrogen and oxygen atoms in total. The van der Waals surface area contributed by atoms with Crippen molar-refractivity contribution in [2.75, 3.05) is 36.1 Å². The highest BCUT2D eigenvalue weighted by molar-refractivity contribution is 6.30. The van der Waals surface area contributed by atoms with Crippen LogP contribution in [0, 0.1) is 17.8 Å². The van der Waals surface area contributed by atoms with E-state index >= 15 is 0 Å². The molecule has 7 atom stereocenters. The molecule has 10 heteroatoms. The summed E-state index contributed by atoms with van der Waals surface area (Å²) in [5.41, 5.74) is -1.07. The predicted octanol–water partition coefficient (Wildman–Crippen LogP) is 5.26. The van der Waals surface area contributed by atoms with E-state index in [2.05, 4.69) is 13.2 Å². The largest absolute Gasteiger partial charge is 0.494 e. The lowest BCUT2D eigenvalue weighted by Gasteiger charge is -2.39. The monoisotopic (exact) mass is 649 g/mol. The number of hydrogen-bond donors (Lipinski definition) is 1. The Morgan fingerprint density at radius 2 is 1.63 bits per heavy atom. The van der Waals surface area contributed by atoms with Gasteiger partial charge in [-0.2, -0.15) is 0 Å². The van der Waals surface area contributed by atoms with Crippen molar-refractivity contribution in [2.24, 2.45) is 17.8 Å². The van der Waals surface area contributed by atoms with E-state index in [-0.39, 0.29) is 43.3 Å². The van der Waals surface area contributed by atoms with Crippen LogP contribution in [0.5, 0.6) is 5.75 Å². The number of fused-ring (bicyclic) bond motifs is 1. The van der Waals surface area contributed by atoms with Crippen LogP contribution in [-0.2, 0) is 19.1 Å². The number of hydrogen-bond acceptors (Lipinski definition) is 6. The second kappa shape index (κ2) is 13.2. The lowest BCUT2D eigenvalue weighted by Crippen LogP contribution is -2.59. The van der Waals surface area contributed by atoms with Gasteiger partial charge in [-0.05, 0) is 81.1 Å². The summed E-state index contributed by atoms with van der Waals surface area (Å²) in [6.45, 7) is 16.0. The third kappa shape index (κ3) is 5.32. The summed E-state index contributed by atoms with van der Waals surface area (Å²) in [6, 6.07) is 12.4. The standard InChI is InChI=1S/C36H44ClN3O6/c1-7-19-38(27-15-17-28(18-16-27)45-10-4)32(42)29-30-33(43)40(25(9-3)22-41)31(36(30)21-23(5)35(29,6)46-36)34(44)39(20-8-2)26-13-11-24(37)12-14-26/h7-8,11-18,23,25,29-31,41H,1-2,9-10,19-22H2,3-6H3/t23?,25-,29-,30-,31?,35+,36?/m0/s1. The minimum Gasteiger partial charge on any atom is -0.494 e. The van der Waals surface area contributed by atoms with Gasteiger partial charge in [0.2, 0.25) is 11.8 Å². The number of halogens is 1. The number of rotatable bonds is 13. The molecule has 0 radical (unpaired) electrons. The van der Waals surface area contributed by atoms with Crippen molar-refractivity contribution in [3.8, 4) is 5.75 Å². The number of benzene rings is 2. The molecule has 1 N–H and O–H groups in total. The lowest BCUT2D eigenvalue weighted by molar-refractivity contribution is -0.149. The molecule has 3 saturated heterocycles. The molecule has 3 fully saturated rings. The van der Waals surface area contributed by atoms with E-state index in [0.717, 1.165) is 0 Å². The van der Waals surface area contributed by atoms with Gasteiger partial charge in [-0.15, -0.1) is 13.2 Å². The van der Waals surface area contributed by atoms with E-state index in [1.165, 1.54) is 4.90 Å². The van der Waals surface area contributed by atoms with E-state index in [1.54, 1.807) is 58.4 Å². The SMILES string of the molecule is C=CCN(C(=O)C1N([C@@H](CC)CO)C(=O)[C@@H]2[C@@H](C(=O)N(CC=C)c3ccc(OCC)cc3)[C@]3(C)OC12CC3C)c1ccc(Cl)cc1. The maximum atomic E-state index is 14.8. The zero-order valence-electron chi connectivity index (χ0n) is 27.0. The Labute approximate surface area is 276 Å². The number of ether oxygens (including phenoxy) is 2. The van der Waals surface area contributed by atoms with Crippen LogP contribution in [0.2, 0.25) is 5.02 Å². The van der Waals surface area contributed by atoms with Crippen molar-refractivity contribution in [2.45, 2.75) is 63.8 Å².